The van der Waals surface area contributed by atoms with Gasteiger partial charge in [-0.2, -0.15) is 0 Å². The lowest BCUT2D eigenvalue weighted by Gasteiger charge is -2.13. The molecule has 0 spiro atoms. The molecule has 5 heteroatoms. The molecule has 3 rings (SSSR count). The van der Waals surface area contributed by atoms with Crippen LogP contribution in [0.4, 0.5) is 5.69 Å². The Bertz CT molecular complexity index is 806. The third kappa shape index (κ3) is 3.57. The first kappa shape index (κ1) is 16.5. The zero-order valence-corrected chi connectivity index (χ0v) is 14.9. The Morgan fingerprint density at radius 1 is 1.17 bits per heavy atom. The number of carbonyl (C=O) groups is 1. The molecule has 1 heterocycles. The van der Waals surface area contributed by atoms with Crippen LogP contribution in [0.1, 0.15) is 28.2 Å². The Morgan fingerprint density at radius 2 is 1.88 bits per heavy atom. The van der Waals surface area contributed by atoms with Gasteiger partial charge in [-0.3, -0.25) is 4.79 Å². The van der Waals surface area contributed by atoms with E-state index in [4.69, 9.17) is 0 Å². The van der Waals surface area contributed by atoms with E-state index in [1.165, 1.54) is 4.70 Å². The van der Waals surface area contributed by atoms with Gasteiger partial charge in [-0.05, 0) is 36.4 Å². The Kier molecular flexibility index (Phi) is 4.81. The zero-order valence-electron chi connectivity index (χ0n) is 14.1. The van der Waals surface area contributed by atoms with Crippen molar-refractivity contribution in [1.82, 2.24) is 10.3 Å². The highest BCUT2D eigenvalue weighted by Gasteiger charge is 2.13. The molecule has 0 bridgehead atoms. The molecule has 2 aromatic carbocycles. The maximum absolute atomic E-state index is 12.3. The summed E-state index contributed by atoms with van der Waals surface area (Å²) in [5.74, 6) is 0.140. The van der Waals surface area contributed by atoms with Crippen LogP contribution in [0.3, 0.4) is 0 Å². The quantitative estimate of drug-likeness (QED) is 0.767. The van der Waals surface area contributed by atoms with Gasteiger partial charge in [0.2, 0.25) is 0 Å². The van der Waals surface area contributed by atoms with Crippen LogP contribution in [0.15, 0.2) is 48.5 Å². The highest BCUT2D eigenvalue weighted by atomic mass is 32.1. The van der Waals surface area contributed by atoms with E-state index in [9.17, 15) is 4.79 Å². The molecule has 1 atom stereocenters. The summed E-state index contributed by atoms with van der Waals surface area (Å²) in [6.07, 6.45) is 0. The molecule has 0 saturated heterocycles. The SMILES string of the molecule is CC(CNC(=O)c1ccc(N(C)C)cc1)c1nc2ccccc2s1. The van der Waals surface area contributed by atoms with Gasteiger partial charge < -0.3 is 10.2 Å². The summed E-state index contributed by atoms with van der Waals surface area (Å²) in [7, 11) is 3.96. The highest BCUT2D eigenvalue weighted by Crippen LogP contribution is 2.26. The van der Waals surface area contributed by atoms with E-state index in [0.29, 0.717) is 12.1 Å². The summed E-state index contributed by atoms with van der Waals surface area (Å²) in [5.41, 5.74) is 2.78. The third-order valence-corrected chi connectivity index (χ3v) is 5.21. The molecule has 4 nitrogen and oxygen atoms in total. The number of rotatable bonds is 5. The monoisotopic (exact) mass is 339 g/mol. The first-order valence-corrected chi connectivity index (χ1v) is 8.77. The van der Waals surface area contributed by atoms with Crippen molar-refractivity contribution in [3.05, 3.63) is 59.1 Å². The zero-order chi connectivity index (χ0) is 17.1. The number of thiazole rings is 1. The van der Waals surface area contributed by atoms with Crippen LogP contribution in [0, 0.1) is 0 Å². The van der Waals surface area contributed by atoms with Gasteiger partial charge in [-0.15, -0.1) is 11.3 Å². The van der Waals surface area contributed by atoms with Crippen LogP contribution in [-0.2, 0) is 0 Å². The summed E-state index contributed by atoms with van der Waals surface area (Å²) in [4.78, 5) is 19.0. The average Bonchev–Trinajstić information content (AvgIpc) is 3.03. The summed E-state index contributed by atoms with van der Waals surface area (Å²) in [5, 5.41) is 4.06. The number of aromatic nitrogens is 1. The molecule has 0 radical (unpaired) electrons. The second-order valence-electron chi connectivity index (χ2n) is 6.07. The number of nitrogens with zero attached hydrogens (tertiary/aromatic N) is 2. The van der Waals surface area contributed by atoms with E-state index in [1.807, 2.05) is 61.5 Å². The molecule has 124 valence electrons. The summed E-state index contributed by atoms with van der Waals surface area (Å²) < 4.78 is 1.19. The largest absolute Gasteiger partial charge is 0.378 e. The molecule has 0 aliphatic rings. The lowest BCUT2D eigenvalue weighted by atomic mass is 10.1. The van der Waals surface area contributed by atoms with Crippen molar-refractivity contribution in [1.29, 1.82) is 0 Å². The molecule has 1 N–H and O–H groups in total. The normalized spacial score (nSPS) is 12.1. The molecule has 1 aromatic heterocycles. The van der Waals surface area contributed by atoms with Crippen molar-refractivity contribution in [2.45, 2.75) is 12.8 Å². The Balaban J connectivity index is 1.62. The Hall–Kier alpha value is -2.40. The van der Waals surface area contributed by atoms with Crippen LogP contribution < -0.4 is 10.2 Å². The second-order valence-corrected chi connectivity index (χ2v) is 7.13. The first-order chi connectivity index (χ1) is 11.5. The molecular formula is C19H21N3OS. The van der Waals surface area contributed by atoms with Crippen LogP contribution in [0.25, 0.3) is 10.2 Å². The standard InChI is InChI=1S/C19H21N3OS/c1-13(19-21-16-6-4-5-7-17(16)24-19)12-20-18(23)14-8-10-15(11-9-14)22(2)3/h4-11,13H,12H2,1-3H3,(H,20,23). The van der Waals surface area contributed by atoms with Crippen LogP contribution in [0.2, 0.25) is 0 Å². The summed E-state index contributed by atoms with van der Waals surface area (Å²) in [6.45, 7) is 2.67. The molecule has 0 aliphatic heterocycles. The third-order valence-electron chi connectivity index (χ3n) is 3.95. The second kappa shape index (κ2) is 7.01. The van der Waals surface area contributed by atoms with Gasteiger partial charge in [0.05, 0.1) is 15.2 Å². The molecule has 0 fully saturated rings. The minimum atomic E-state index is -0.0479. The first-order valence-electron chi connectivity index (χ1n) is 7.95. The number of anilines is 1. The fourth-order valence-corrected chi connectivity index (χ4v) is 3.47. The Morgan fingerprint density at radius 3 is 2.54 bits per heavy atom. The van der Waals surface area contributed by atoms with Crippen molar-refractivity contribution in [3.63, 3.8) is 0 Å². The lowest BCUT2D eigenvalue weighted by molar-refractivity contribution is 0.0951. The molecule has 0 aliphatic carbocycles. The topological polar surface area (TPSA) is 45.2 Å². The summed E-state index contributed by atoms with van der Waals surface area (Å²) >= 11 is 1.69. The number of amides is 1. The van der Waals surface area contributed by atoms with Crippen LogP contribution in [-0.4, -0.2) is 31.5 Å². The number of para-hydroxylation sites is 1. The van der Waals surface area contributed by atoms with Crippen molar-refractivity contribution < 1.29 is 4.79 Å². The lowest BCUT2D eigenvalue weighted by Crippen LogP contribution is -2.27. The maximum Gasteiger partial charge on any atom is 0.251 e. The number of fused-ring (bicyclic) bond motifs is 1. The minimum absolute atomic E-state index is 0.0479. The van der Waals surface area contributed by atoms with Crippen molar-refractivity contribution >= 4 is 33.1 Å². The molecule has 1 unspecified atom stereocenters. The number of carbonyl (C=O) groups excluding carboxylic acids is 1. The molecule has 3 aromatic rings. The number of hydrogen-bond donors (Lipinski definition) is 1. The van der Waals surface area contributed by atoms with Crippen LogP contribution >= 0.6 is 11.3 Å². The van der Waals surface area contributed by atoms with Crippen molar-refractivity contribution in [3.8, 4) is 0 Å². The predicted molar refractivity (Wildman–Crippen MR) is 101 cm³/mol. The van der Waals surface area contributed by atoms with Gasteiger partial charge in [-0.25, -0.2) is 4.98 Å². The summed E-state index contributed by atoms with van der Waals surface area (Å²) in [6, 6.07) is 15.7. The fourth-order valence-electron chi connectivity index (χ4n) is 2.45. The smallest absolute Gasteiger partial charge is 0.251 e. The van der Waals surface area contributed by atoms with E-state index in [0.717, 1.165) is 16.2 Å². The molecule has 24 heavy (non-hydrogen) atoms. The molecular weight excluding hydrogens is 318 g/mol. The molecule has 0 saturated carbocycles. The van der Waals surface area contributed by atoms with Gasteiger partial charge >= 0.3 is 0 Å². The van der Waals surface area contributed by atoms with E-state index >= 15 is 0 Å². The number of hydrogen-bond acceptors (Lipinski definition) is 4. The van der Waals surface area contributed by atoms with E-state index < -0.39 is 0 Å². The predicted octanol–water partition coefficient (Wildman–Crippen LogP) is 3.90. The van der Waals surface area contributed by atoms with Gasteiger partial charge in [0.25, 0.3) is 5.91 Å². The molecule has 1 amide bonds. The highest BCUT2D eigenvalue weighted by molar-refractivity contribution is 7.18. The maximum atomic E-state index is 12.3. The van der Waals surface area contributed by atoms with E-state index in [2.05, 4.69) is 23.3 Å². The number of benzene rings is 2. The Labute approximate surface area is 146 Å². The average molecular weight is 339 g/mol. The van der Waals surface area contributed by atoms with Crippen LogP contribution in [0.5, 0.6) is 0 Å². The van der Waals surface area contributed by atoms with E-state index in [-0.39, 0.29) is 11.8 Å². The number of nitrogens with one attached hydrogen (secondary N) is 1. The van der Waals surface area contributed by atoms with E-state index in [1.54, 1.807) is 11.3 Å². The van der Waals surface area contributed by atoms with Gasteiger partial charge in [0.1, 0.15) is 0 Å². The van der Waals surface area contributed by atoms with Crippen molar-refractivity contribution in [2.24, 2.45) is 0 Å². The van der Waals surface area contributed by atoms with Gasteiger partial charge in [-0.1, -0.05) is 19.1 Å². The van der Waals surface area contributed by atoms with Gasteiger partial charge in [0, 0.05) is 37.8 Å². The fraction of sp³-hybridized carbons (Fsp3) is 0.263. The van der Waals surface area contributed by atoms with Gasteiger partial charge in [0.15, 0.2) is 0 Å². The van der Waals surface area contributed by atoms with Crippen molar-refractivity contribution in [2.75, 3.05) is 25.5 Å². The minimum Gasteiger partial charge on any atom is -0.378 e.